The summed E-state index contributed by atoms with van der Waals surface area (Å²) in [7, 11) is 0. The van der Waals surface area contributed by atoms with Gasteiger partial charge in [-0.3, -0.25) is 9.88 Å². The van der Waals surface area contributed by atoms with E-state index < -0.39 is 0 Å². The average Bonchev–Trinajstić information content (AvgIpc) is 2.47. The van der Waals surface area contributed by atoms with Gasteiger partial charge in [-0.2, -0.15) is 0 Å². The van der Waals surface area contributed by atoms with Crippen molar-refractivity contribution in [2.75, 3.05) is 13.1 Å². The molecule has 1 saturated heterocycles. The number of nitrogens with zero attached hydrogens (tertiary/aromatic N) is 2. The van der Waals surface area contributed by atoms with Crippen molar-refractivity contribution in [3.05, 3.63) is 29.6 Å². The van der Waals surface area contributed by atoms with E-state index in [2.05, 4.69) is 62.0 Å². The number of hydrogen-bond acceptors (Lipinski definition) is 3. The summed E-state index contributed by atoms with van der Waals surface area (Å²) >= 11 is 0. The summed E-state index contributed by atoms with van der Waals surface area (Å²) in [5.74, 6) is 1.34. The van der Waals surface area contributed by atoms with Crippen LogP contribution in [0.25, 0.3) is 0 Å². The highest BCUT2D eigenvalue weighted by Crippen LogP contribution is 2.21. The molecule has 1 aliphatic rings. The maximum absolute atomic E-state index is 4.65. The molecule has 1 aromatic rings. The zero-order chi connectivity index (χ0) is 15.4. The van der Waals surface area contributed by atoms with E-state index in [1.807, 2.05) is 6.20 Å². The Balaban J connectivity index is 2.16. The second kappa shape index (κ2) is 7.37. The van der Waals surface area contributed by atoms with Gasteiger partial charge in [-0.1, -0.05) is 40.7 Å². The van der Waals surface area contributed by atoms with Crippen LogP contribution in [0.15, 0.2) is 18.3 Å². The summed E-state index contributed by atoms with van der Waals surface area (Å²) in [6, 6.07) is 5.46. The summed E-state index contributed by atoms with van der Waals surface area (Å²) in [6.07, 6.45) is 3.00. The molecule has 2 heterocycles. The van der Waals surface area contributed by atoms with E-state index in [1.165, 1.54) is 11.3 Å². The van der Waals surface area contributed by atoms with Gasteiger partial charge in [0.1, 0.15) is 0 Å². The van der Waals surface area contributed by atoms with Crippen molar-refractivity contribution in [3.8, 4) is 0 Å². The number of aromatic nitrogens is 1. The highest BCUT2D eigenvalue weighted by molar-refractivity contribution is 5.19. The lowest BCUT2D eigenvalue weighted by atomic mass is 9.94. The molecule has 0 saturated carbocycles. The number of piperazine rings is 1. The maximum Gasteiger partial charge on any atom is 0.0575 e. The summed E-state index contributed by atoms with van der Waals surface area (Å²) in [6.45, 7) is 14.7. The summed E-state index contributed by atoms with van der Waals surface area (Å²) in [4.78, 5) is 7.29. The minimum Gasteiger partial charge on any atom is -0.311 e. The normalized spacial score (nSPS) is 24.0. The van der Waals surface area contributed by atoms with Crippen molar-refractivity contribution in [3.63, 3.8) is 0 Å². The number of rotatable bonds is 5. The molecule has 0 radical (unpaired) electrons. The molecule has 3 heteroatoms. The van der Waals surface area contributed by atoms with Crippen LogP contribution in [0.1, 0.15) is 45.9 Å². The molecule has 0 amide bonds. The van der Waals surface area contributed by atoms with E-state index in [9.17, 15) is 0 Å². The number of aryl methyl sites for hydroxylation is 1. The van der Waals surface area contributed by atoms with Crippen LogP contribution in [-0.4, -0.2) is 35.1 Å². The minimum atomic E-state index is 0.591. The Kier molecular flexibility index (Phi) is 5.77. The summed E-state index contributed by atoms with van der Waals surface area (Å²) < 4.78 is 0. The van der Waals surface area contributed by atoms with Gasteiger partial charge in [0.25, 0.3) is 0 Å². The van der Waals surface area contributed by atoms with Crippen molar-refractivity contribution in [2.45, 2.75) is 59.7 Å². The summed E-state index contributed by atoms with van der Waals surface area (Å²) in [5, 5.41) is 3.73. The maximum atomic E-state index is 4.65. The molecule has 118 valence electrons. The van der Waals surface area contributed by atoms with Crippen molar-refractivity contribution in [2.24, 2.45) is 11.8 Å². The van der Waals surface area contributed by atoms with Crippen LogP contribution in [0, 0.1) is 11.8 Å². The van der Waals surface area contributed by atoms with Gasteiger partial charge in [0.2, 0.25) is 0 Å². The second-order valence-electron chi connectivity index (χ2n) is 6.96. The molecule has 0 bridgehead atoms. The third-order valence-corrected chi connectivity index (χ3v) is 4.78. The van der Waals surface area contributed by atoms with Crippen LogP contribution in [0.4, 0.5) is 0 Å². The van der Waals surface area contributed by atoms with Gasteiger partial charge in [0, 0.05) is 37.9 Å². The first kappa shape index (κ1) is 16.4. The molecular weight excluding hydrogens is 258 g/mol. The lowest BCUT2D eigenvalue weighted by molar-refractivity contribution is 0.0770. The van der Waals surface area contributed by atoms with Crippen molar-refractivity contribution < 1.29 is 0 Å². The highest BCUT2D eigenvalue weighted by Gasteiger charge is 2.31. The average molecular weight is 289 g/mol. The Hall–Kier alpha value is -0.930. The zero-order valence-corrected chi connectivity index (χ0v) is 14.3. The lowest BCUT2D eigenvalue weighted by Gasteiger charge is -2.43. The molecule has 1 aromatic heterocycles. The Bertz CT molecular complexity index is 442. The first-order valence-corrected chi connectivity index (χ1v) is 8.43. The molecule has 2 atom stereocenters. The zero-order valence-electron chi connectivity index (χ0n) is 14.3. The highest BCUT2D eigenvalue weighted by atomic mass is 15.2. The predicted molar refractivity (Wildman–Crippen MR) is 89.3 cm³/mol. The molecular formula is C18H31N3. The van der Waals surface area contributed by atoms with Crippen LogP contribution in [0.2, 0.25) is 0 Å². The van der Waals surface area contributed by atoms with Gasteiger partial charge in [-0.25, -0.2) is 0 Å². The van der Waals surface area contributed by atoms with Crippen molar-refractivity contribution >= 4 is 0 Å². The molecule has 1 aliphatic heterocycles. The van der Waals surface area contributed by atoms with E-state index in [-0.39, 0.29) is 0 Å². The second-order valence-corrected chi connectivity index (χ2v) is 6.96. The quantitative estimate of drug-likeness (QED) is 0.903. The molecule has 21 heavy (non-hydrogen) atoms. The molecule has 2 rings (SSSR count). The monoisotopic (exact) mass is 289 g/mol. The van der Waals surface area contributed by atoms with Crippen molar-refractivity contribution in [1.82, 2.24) is 15.2 Å². The largest absolute Gasteiger partial charge is 0.311 e. The van der Waals surface area contributed by atoms with E-state index >= 15 is 0 Å². The van der Waals surface area contributed by atoms with Crippen LogP contribution in [0.5, 0.6) is 0 Å². The third-order valence-electron chi connectivity index (χ3n) is 4.78. The van der Waals surface area contributed by atoms with E-state index in [0.29, 0.717) is 23.9 Å². The van der Waals surface area contributed by atoms with Gasteiger partial charge in [0.05, 0.1) is 5.69 Å². The lowest BCUT2D eigenvalue weighted by Crippen LogP contribution is -2.59. The van der Waals surface area contributed by atoms with Gasteiger partial charge >= 0.3 is 0 Å². The van der Waals surface area contributed by atoms with Crippen LogP contribution in [-0.2, 0) is 13.0 Å². The predicted octanol–water partition coefficient (Wildman–Crippen LogP) is 3.10. The fourth-order valence-corrected chi connectivity index (χ4v) is 3.27. The van der Waals surface area contributed by atoms with E-state index in [4.69, 9.17) is 0 Å². The summed E-state index contributed by atoms with van der Waals surface area (Å²) in [5.41, 5.74) is 2.65. The number of hydrogen-bond donors (Lipinski definition) is 1. The molecule has 2 unspecified atom stereocenters. The third kappa shape index (κ3) is 4.04. The molecule has 1 fully saturated rings. The molecule has 3 nitrogen and oxygen atoms in total. The van der Waals surface area contributed by atoms with Crippen LogP contribution in [0.3, 0.4) is 0 Å². The molecule has 1 N–H and O–H groups in total. The van der Waals surface area contributed by atoms with E-state index in [0.717, 1.165) is 26.1 Å². The Morgan fingerprint density at radius 1 is 1.29 bits per heavy atom. The number of nitrogens with one attached hydrogen (secondary N) is 1. The molecule has 0 aromatic carbocycles. The van der Waals surface area contributed by atoms with Gasteiger partial charge in [-0.05, 0) is 29.9 Å². The van der Waals surface area contributed by atoms with Gasteiger partial charge < -0.3 is 5.32 Å². The Morgan fingerprint density at radius 2 is 2.05 bits per heavy atom. The van der Waals surface area contributed by atoms with Crippen LogP contribution >= 0.6 is 0 Å². The Labute approximate surface area is 130 Å². The first-order chi connectivity index (χ1) is 10.0. The smallest absolute Gasteiger partial charge is 0.0575 e. The fourth-order valence-electron chi connectivity index (χ4n) is 3.27. The fraction of sp³-hybridized carbons (Fsp3) is 0.722. The molecule has 0 spiro atoms. The SMILES string of the molecule is CCc1cccnc1CN1CC(C(C)C)NCC1C(C)C. The standard InChI is InChI=1S/C18H31N3/c1-6-15-8-7-9-19-17(15)12-21-11-16(13(2)3)20-10-18(21)14(4)5/h7-9,13-14,16,18,20H,6,10-12H2,1-5H3. The molecule has 0 aliphatic carbocycles. The topological polar surface area (TPSA) is 28.2 Å². The van der Waals surface area contributed by atoms with Crippen LogP contribution < -0.4 is 5.32 Å². The van der Waals surface area contributed by atoms with Gasteiger partial charge in [-0.15, -0.1) is 0 Å². The Morgan fingerprint density at radius 3 is 2.67 bits per heavy atom. The van der Waals surface area contributed by atoms with Crippen molar-refractivity contribution in [1.29, 1.82) is 0 Å². The first-order valence-electron chi connectivity index (χ1n) is 8.43. The van der Waals surface area contributed by atoms with E-state index in [1.54, 1.807) is 0 Å². The van der Waals surface area contributed by atoms with Gasteiger partial charge in [0.15, 0.2) is 0 Å². The minimum absolute atomic E-state index is 0.591. The number of pyridine rings is 1.